The van der Waals surface area contributed by atoms with Crippen molar-refractivity contribution in [1.29, 1.82) is 0 Å². The lowest BCUT2D eigenvalue weighted by Gasteiger charge is -2.37. The van der Waals surface area contributed by atoms with Crippen LogP contribution in [0.1, 0.15) is 32.4 Å². The predicted molar refractivity (Wildman–Crippen MR) is 94.2 cm³/mol. The van der Waals surface area contributed by atoms with Crippen LogP contribution in [-0.4, -0.2) is 46.9 Å². The van der Waals surface area contributed by atoms with E-state index in [1.54, 1.807) is 12.1 Å². The number of rotatable bonds is 5. The van der Waals surface area contributed by atoms with Gasteiger partial charge in [-0.2, -0.15) is 0 Å². The number of nitrogens with zero attached hydrogens (tertiary/aromatic N) is 2. The predicted octanol–water partition coefficient (Wildman–Crippen LogP) is 3.39. The van der Waals surface area contributed by atoms with Crippen molar-refractivity contribution in [3.05, 3.63) is 35.8 Å². The van der Waals surface area contributed by atoms with Crippen molar-refractivity contribution < 1.29 is 9.18 Å². The van der Waals surface area contributed by atoms with Crippen LogP contribution in [-0.2, 0) is 11.3 Å². The lowest BCUT2D eigenvalue weighted by molar-refractivity contribution is -0.136. The molecular formula is C19H26FN3O. The molecule has 1 saturated heterocycles. The van der Waals surface area contributed by atoms with Crippen LogP contribution < -0.4 is 0 Å². The number of hydrogen-bond acceptors (Lipinski definition) is 2. The highest BCUT2D eigenvalue weighted by Gasteiger charge is 2.27. The molecule has 1 unspecified atom stereocenters. The Balaban J connectivity index is 1.60. The molecule has 2 aromatic rings. The number of carbonyl (C=O) groups is 1. The largest absolute Gasteiger partial charge is 0.357 e. The van der Waals surface area contributed by atoms with Gasteiger partial charge >= 0.3 is 0 Å². The zero-order valence-corrected chi connectivity index (χ0v) is 14.7. The topological polar surface area (TPSA) is 39.3 Å². The summed E-state index contributed by atoms with van der Waals surface area (Å²) >= 11 is 0. The van der Waals surface area contributed by atoms with E-state index in [2.05, 4.69) is 30.8 Å². The number of halogens is 1. The fourth-order valence-corrected chi connectivity index (χ4v) is 3.64. The number of piperidine rings is 1. The van der Waals surface area contributed by atoms with Crippen molar-refractivity contribution >= 4 is 16.8 Å². The van der Waals surface area contributed by atoms with Gasteiger partial charge in [-0.1, -0.05) is 0 Å². The van der Waals surface area contributed by atoms with Crippen LogP contribution >= 0.6 is 0 Å². The molecule has 1 atom stereocenters. The molecule has 1 N–H and O–H groups in total. The van der Waals surface area contributed by atoms with Crippen LogP contribution in [0.15, 0.2) is 24.3 Å². The van der Waals surface area contributed by atoms with Crippen LogP contribution in [0.25, 0.3) is 10.9 Å². The highest BCUT2D eigenvalue weighted by atomic mass is 19.1. The molecule has 0 radical (unpaired) electrons. The van der Waals surface area contributed by atoms with Crippen LogP contribution in [0.4, 0.5) is 4.39 Å². The zero-order chi connectivity index (χ0) is 17.3. The molecule has 0 bridgehead atoms. The Hall–Kier alpha value is -1.88. The second-order valence-corrected chi connectivity index (χ2v) is 7.27. The summed E-state index contributed by atoms with van der Waals surface area (Å²) in [5.74, 6) is 0.584. The van der Waals surface area contributed by atoms with Crippen molar-refractivity contribution in [2.45, 2.75) is 39.3 Å². The molecule has 1 aliphatic rings. The number of carbonyl (C=O) groups excluding carboxylic acids is 1. The van der Waals surface area contributed by atoms with Gasteiger partial charge in [0.15, 0.2) is 0 Å². The molecule has 2 heterocycles. The first kappa shape index (κ1) is 17.0. The molecule has 0 spiro atoms. The summed E-state index contributed by atoms with van der Waals surface area (Å²) in [6, 6.07) is 7.10. The third kappa shape index (κ3) is 3.78. The minimum absolute atomic E-state index is 0.206. The maximum absolute atomic E-state index is 13.3. The number of amides is 1. The van der Waals surface area contributed by atoms with E-state index in [1.165, 1.54) is 6.07 Å². The molecule has 1 fully saturated rings. The highest BCUT2D eigenvalue weighted by molar-refractivity contribution is 5.80. The van der Waals surface area contributed by atoms with Gasteiger partial charge in [-0.25, -0.2) is 4.39 Å². The number of likely N-dealkylation sites (tertiary alicyclic amines) is 1. The number of H-pyrrole nitrogens is 1. The lowest BCUT2D eigenvalue weighted by atomic mass is 9.96. The van der Waals surface area contributed by atoms with Gasteiger partial charge in [0.25, 0.3) is 0 Å². The van der Waals surface area contributed by atoms with Crippen molar-refractivity contribution in [1.82, 2.24) is 14.8 Å². The highest BCUT2D eigenvalue weighted by Crippen LogP contribution is 2.22. The third-order valence-electron chi connectivity index (χ3n) is 4.81. The Morgan fingerprint density at radius 1 is 1.38 bits per heavy atom. The van der Waals surface area contributed by atoms with Gasteiger partial charge in [-0.15, -0.1) is 0 Å². The monoisotopic (exact) mass is 331 g/mol. The molecule has 1 aliphatic heterocycles. The number of hydrogen-bond donors (Lipinski definition) is 1. The van der Waals surface area contributed by atoms with Gasteiger partial charge in [-0.3, -0.25) is 4.79 Å². The standard InChI is InChI=1S/C19H26FN3O/c1-13(2)23-11-14(4-7-19(23)24)10-22(3)12-17-9-15-8-16(20)5-6-18(15)21-17/h5-6,8-9,13-14,21H,4,7,10-12H2,1-3H3. The molecule has 3 rings (SSSR count). The van der Waals surface area contributed by atoms with E-state index in [0.29, 0.717) is 12.3 Å². The van der Waals surface area contributed by atoms with E-state index in [0.717, 1.165) is 42.7 Å². The van der Waals surface area contributed by atoms with Gasteiger partial charge in [0.2, 0.25) is 5.91 Å². The number of benzene rings is 1. The van der Waals surface area contributed by atoms with Crippen molar-refractivity contribution in [2.75, 3.05) is 20.1 Å². The smallest absolute Gasteiger partial charge is 0.222 e. The summed E-state index contributed by atoms with van der Waals surface area (Å²) in [5, 5.41) is 0.910. The van der Waals surface area contributed by atoms with E-state index >= 15 is 0 Å². The third-order valence-corrected chi connectivity index (χ3v) is 4.81. The van der Waals surface area contributed by atoms with Crippen LogP contribution in [0.5, 0.6) is 0 Å². The first-order valence-corrected chi connectivity index (χ1v) is 8.67. The van der Waals surface area contributed by atoms with Crippen LogP contribution in [0, 0.1) is 11.7 Å². The molecular weight excluding hydrogens is 305 g/mol. The SMILES string of the molecule is CC(C)N1CC(CN(C)Cc2cc3cc(F)ccc3[nH]2)CCC1=O. The molecule has 1 amide bonds. The summed E-state index contributed by atoms with van der Waals surface area (Å²) < 4.78 is 13.3. The molecule has 24 heavy (non-hydrogen) atoms. The Morgan fingerprint density at radius 2 is 2.17 bits per heavy atom. The van der Waals surface area contributed by atoms with Crippen LogP contribution in [0.2, 0.25) is 0 Å². The van der Waals surface area contributed by atoms with E-state index in [1.807, 2.05) is 11.0 Å². The van der Waals surface area contributed by atoms with Gasteiger partial charge in [0, 0.05) is 48.7 Å². The van der Waals surface area contributed by atoms with Gasteiger partial charge in [0.05, 0.1) is 0 Å². The summed E-state index contributed by atoms with van der Waals surface area (Å²) in [4.78, 5) is 19.6. The number of aromatic amines is 1. The maximum Gasteiger partial charge on any atom is 0.222 e. The van der Waals surface area contributed by atoms with Crippen molar-refractivity contribution in [3.63, 3.8) is 0 Å². The number of nitrogens with one attached hydrogen (secondary N) is 1. The number of fused-ring (bicyclic) bond motifs is 1. The Kier molecular flexibility index (Phi) is 4.90. The van der Waals surface area contributed by atoms with E-state index < -0.39 is 0 Å². The quantitative estimate of drug-likeness (QED) is 0.912. The summed E-state index contributed by atoms with van der Waals surface area (Å²) in [6.07, 6.45) is 1.62. The Morgan fingerprint density at radius 3 is 2.92 bits per heavy atom. The minimum atomic E-state index is -0.206. The Labute approximate surface area is 142 Å². The van der Waals surface area contributed by atoms with E-state index in [9.17, 15) is 9.18 Å². The molecule has 1 aromatic carbocycles. The molecule has 130 valence electrons. The molecule has 5 heteroatoms. The second kappa shape index (κ2) is 6.93. The van der Waals surface area contributed by atoms with Crippen LogP contribution in [0.3, 0.4) is 0 Å². The van der Waals surface area contributed by atoms with Crippen molar-refractivity contribution in [3.8, 4) is 0 Å². The van der Waals surface area contributed by atoms with Gasteiger partial charge in [0.1, 0.15) is 5.82 Å². The lowest BCUT2D eigenvalue weighted by Crippen LogP contribution is -2.46. The second-order valence-electron chi connectivity index (χ2n) is 7.27. The number of aromatic nitrogens is 1. The molecule has 4 nitrogen and oxygen atoms in total. The van der Waals surface area contributed by atoms with E-state index in [-0.39, 0.29) is 17.8 Å². The fraction of sp³-hybridized carbons (Fsp3) is 0.526. The fourth-order valence-electron chi connectivity index (χ4n) is 3.64. The molecule has 0 saturated carbocycles. The van der Waals surface area contributed by atoms with E-state index in [4.69, 9.17) is 0 Å². The zero-order valence-electron chi connectivity index (χ0n) is 14.7. The summed E-state index contributed by atoms with van der Waals surface area (Å²) in [5.41, 5.74) is 2.06. The first-order chi connectivity index (χ1) is 11.4. The van der Waals surface area contributed by atoms with Gasteiger partial charge < -0.3 is 14.8 Å². The minimum Gasteiger partial charge on any atom is -0.357 e. The average Bonchev–Trinajstić information content (AvgIpc) is 2.90. The molecule has 0 aliphatic carbocycles. The molecule has 1 aromatic heterocycles. The summed E-state index contributed by atoms with van der Waals surface area (Å²) in [6.45, 7) is 6.75. The first-order valence-electron chi connectivity index (χ1n) is 8.67. The Bertz CT molecular complexity index is 724. The van der Waals surface area contributed by atoms with Gasteiger partial charge in [-0.05, 0) is 57.5 Å². The maximum atomic E-state index is 13.3. The summed E-state index contributed by atoms with van der Waals surface area (Å²) in [7, 11) is 2.10. The average molecular weight is 331 g/mol. The normalized spacial score (nSPS) is 19.0. The van der Waals surface area contributed by atoms with Crippen molar-refractivity contribution in [2.24, 2.45) is 5.92 Å².